The van der Waals surface area contributed by atoms with Crippen LogP contribution in [0.4, 0.5) is 10.5 Å². The van der Waals surface area contributed by atoms with Gasteiger partial charge in [-0.25, -0.2) is 9.59 Å². The SMILES string of the molecule is COc1ccc(C(=O)N(C)C(C)(C)C(=O)O)cc1N1CCNC1=O. The molecule has 2 N–H and O–H groups in total. The van der Waals surface area contributed by atoms with E-state index in [1.807, 2.05) is 0 Å². The maximum Gasteiger partial charge on any atom is 0.329 e. The molecular weight excluding hydrogens is 314 g/mol. The van der Waals surface area contributed by atoms with E-state index in [-0.39, 0.29) is 11.6 Å². The number of likely N-dealkylation sites (N-methyl/N-ethyl adjacent to an activating group) is 1. The number of hydrogen-bond acceptors (Lipinski definition) is 4. The molecule has 0 bridgehead atoms. The van der Waals surface area contributed by atoms with E-state index in [1.165, 1.54) is 32.9 Å². The highest BCUT2D eigenvalue weighted by Crippen LogP contribution is 2.31. The molecule has 3 amide bonds. The second-order valence-electron chi connectivity index (χ2n) is 6.00. The summed E-state index contributed by atoms with van der Waals surface area (Å²) >= 11 is 0. The Morgan fingerprint density at radius 2 is 2.04 bits per heavy atom. The van der Waals surface area contributed by atoms with Crippen LogP contribution in [0, 0.1) is 0 Å². The predicted molar refractivity (Wildman–Crippen MR) is 87.5 cm³/mol. The fraction of sp³-hybridized carbons (Fsp3) is 0.438. The van der Waals surface area contributed by atoms with E-state index in [0.29, 0.717) is 24.5 Å². The van der Waals surface area contributed by atoms with Gasteiger partial charge >= 0.3 is 12.0 Å². The summed E-state index contributed by atoms with van der Waals surface area (Å²) in [6, 6.07) is 4.42. The summed E-state index contributed by atoms with van der Waals surface area (Å²) in [5.74, 6) is -1.10. The molecule has 0 atom stereocenters. The number of carbonyl (C=O) groups is 3. The van der Waals surface area contributed by atoms with E-state index < -0.39 is 17.4 Å². The standard InChI is InChI=1S/C16H21N3O5/c1-16(2,14(21)22)18(3)13(20)10-5-6-12(24-4)11(9-10)19-8-7-17-15(19)23/h5-6,9H,7-8H2,1-4H3,(H,17,23)(H,21,22). The molecule has 0 unspecified atom stereocenters. The second-order valence-corrected chi connectivity index (χ2v) is 6.00. The lowest BCUT2D eigenvalue weighted by Crippen LogP contribution is -2.50. The van der Waals surface area contributed by atoms with Crippen LogP contribution in [0.25, 0.3) is 0 Å². The number of urea groups is 1. The van der Waals surface area contributed by atoms with Gasteiger partial charge in [0.15, 0.2) is 0 Å². The zero-order valence-electron chi connectivity index (χ0n) is 14.1. The van der Waals surface area contributed by atoms with Crippen molar-refractivity contribution in [2.24, 2.45) is 0 Å². The van der Waals surface area contributed by atoms with Crippen molar-refractivity contribution in [3.8, 4) is 5.75 Å². The number of carboxylic acids is 1. The number of rotatable bonds is 5. The van der Waals surface area contributed by atoms with Crippen LogP contribution in [0.15, 0.2) is 18.2 Å². The first-order valence-electron chi connectivity index (χ1n) is 7.45. The van der Waals surface area contributed by atoms with E-state index in [2.05, 4.69) is 5.32 Å². The molecule has 2 rings (SSSR count). The molecule has 1 aromatic rings. The first-order chi connectivity index (χ1) is 11.2. The van der Waals surface area contributed by atoms with Crippen LogP contribution in [-0.4, -0.2) is 60.7 Å². The van der Waals surface area contributed by atoms with Gasteiger partial charge in [-0.2, -0.15) is 0 Å². The molecule has 0 saturated carbocycles. The number of methoxy groups -OCH3 is 1. The van der Waals surface area contributed by atoms with Gasteiger partial charge in [0.25, 0.3) is 5.91 Å². The fourth-order valence-corrected chi connectivity index (χ4v) is 2.33. The van der Waals surface area contributed by atoms with E-state index in [9.17, 15) is 19.5 Å². The van der Waals surface area contributed by atoms with Gasteiger partial charge in [-0.3, -0.25) is 9.69 Å². The third-order valence-electron chi connectivity index (χ3n) is 4.24. The van der Waals surface area contributed by atoms with Crippen LogP contribution < -0.4 is 15.0 Å². The molecule has 1 aliphatic heterocycles. The molecule has 130 valence electrons. The van der Waals surface area contributed by atoms with Gasteiger partial charge in [0.05, 0.1) is 12.8 Å². The summed E-state index contributed by atoms with van der Waals surface area (Å²) in [7, 11) is 2.91. The summed E-state index contributed by atoms with van der Waals surface area (Å²) in [6.07, 6.45) is 0. The minimum atomic E-state index is -1.36. The van der Waals surface area contributed by atoms with Crippen molar-refractivity contribution in [2.75, 3.05) is 32.1 Å². The maximum atomic E-state index is 12.6. The van der Waals surface area contributed by atoms with Crippen molar-refractivity contribution >= 4 is 23.6 Å². The van der Waals surface area contributed by atoms with E-state index in [1.54, 1.807) is 18.2 Å². The largest absolute Gasteiger partial charge is 0.495 e. The number of amides is 3. The Labute approximate surface area is 140 Å². The van der Waals surface area contributed by atoms with Crippen LogP contribution in [0.1, 0.15) is 24.2 Å². The zero-order chi connectivity index (χ0) is 18.1. The van der Waals surface area contributed by atoms with Crippen LogP contribution in [0.3, 0.4) is 0 Å². The smallest absolute Gasteiger partial charge is 0.329 e. The summed E-state index contributed by atoms with van der Waals surface area (Å²) in [6.45, 7) is 3.87. The fourth-order valence-electron chi connectivity index (χ4n) is 2.33. The highest BCUT2D eigenvalue weighted by molar-refractivity contribution is 6.01. The summed E-state index contributed by atoms with van der Waals surface area (Å²) in [4.78, 5) is 38.5. The van der Waals surface area contributed by atoms with Crippen molar-refractivity contribution < 1.29 is 24.2 Å². The average Bonchev–Trinajstić information content (AvgIpc) is 2.98. The van der Waals surface area contributed by atoms with Crippen molar-refractivity contribution in [1.29, 1.82) is 0 Å². The summed E-state index contributed by atoms with van der Waals surface area (Å²) < 4.78 is 5.27. The molecule has 8 heteroatoms. The number of nitrogens with one attached hydrogen (secondary N) is 1. The number of carbonyl (C=O) groups excluding carboxylic acids is 2. The van der Waals surface area contributed by atoms with Crippen LogP contribution >= 0.6 is 0 Å². The van der Waals surface area contributed by atoms with E-state index >= 15 is 0 Å². The van der Waals surface area contributed by atoms with Gasteiger partial charge in [0.2, 0.25) is 0 Å². The molecule has 0 aromatic heterocycles. The lowest BCUT2D eigenvalue weighted by molar-refractivity contribution is -0.147. The molecule has 0 radical (unpaired) electrons. The number of carboxylic acid groups (broad SMARTS) is 1. The number of ether oxygens (including phenoxy) is 1. The van der Waals surface area contributed by atoms with Gasteiger partial charge in [0, 0.05) is 25.7 Å². The van der Waals surface area contributed by atoms with Crippen LogP contribution in [-0.2, 0) is 4.79 Å². The number of aliphatic carboxylic acids is 1. The first-order valence-corrected chi connectivity index (χ1v) is 7.45. The van der Waals surface area contributed by atoms with Crippen molar-refractivity contribution in [3.05, 3.63) is 23.8 Å². The van der Waals surface area contributed by atoms with Gasteiger partial charge in [-0.05, 0) is 32.0 Å². The number of nitrogens with zero attached hydrogens (tertiary/aromatic N) is 2. The molecule has 8 nitrogen and oxygen atoms in total. The number of anilines is 1. The molecule has 1 aliphatic rings. The molecule has 24 heavy (non-hydrogen) atoms. The Kier molecular flexibility index (Phi) is 4.68. The average molecular weight is 335 g/mol. The molecule has 0 aliphatic carbocycles. The molecule has 1 aromatic carbocycles. The van der Waals surface area contributed by atoms with Crippen molar-refractivity contribution in [1.82, 2.24) is 10.2 Å². The number of benzene rings is 1. The quantitative estimate of drug-likeness (QED) is 0.841. The van der Waals surface area contributed by atoms with E-state index in [0.717, 1.165) is 4.90 Å². The summed E-state index contributed by atoms with van der Waals surface area (Å²) in [5.41, 5.74) is -0.607. The normalized spacial score (nSPS) is 14.3. The van der Waals surface area contributed by atoms with E-state index in [4.69, 9.17) is 4.74 Å². The zero-order valence-corrected chi connectivity index (χ0v) is 14.1. The van der Waals surface area contributed by atoms with Gasteiger partial charge < -0.3 is 20.1 Å². The molecule has 1 heterocycles. The monoisotopic (exact) mass is 335 g/mol. The Morgan fingerprint density at radius 3 is 2.54 bits per heavy atom. The molecule has 0 spiro atoms. The Morgan fingerprint density at radius 1 is 1.38 bits per heavy atom. The van der Waals surface area contributed by atoms with Gasteiger partial charge in [-0.1, -0.05) is 0 Å². The van der Waals surface area contributed by atoms with Crippen LogP contribution in [0.5, 0.6) is 5.75 Å². The lowest BCUT2D eigenvalue weighted by atomic mass is 10.0. The highest BCUT2D eigenvalue weighted by atomic mass is 16.5. The summed E-state index contributed by atoms with van der Waals surface area (Å²) in [5, 5.41) is 12.0. The van der Waals surface area contributed by atoms with Crippen molar-refractivity contribution in [3.63, 3.8) is 0 Å². The Balaban J connectivity index is 2.39. The first kappa shape index (κ1) is 17.6. The number of hydrogen-bond donors (Lipinski definition) is 2. The third-order valence-corrected chi connectivity index (χ3v) is 4.24. The minimum Gasteiger partial charge on any atom is -0.495 e. The lowest BCUT2D eigenvalue weighted by Gasteiger charge is -2.31. The maximum absolute atomic E-state index is 12.6. The van der Waals surface area contributed by atoms with Gasteiger partial charge in [-0.15, -0.1) is 0 Å². The predicted octanol–water partition coefficient (Wildman–Crippen LogP) is 1.16. The highest BCUT2D eigenvalue weighted by Gasteiger charge is 2.36. The third kappa shape index (κ3) is 2.99. The molecular formula is C16H21N3O5. The molecule has 1 saturated heterocycles. The minimum absolute atomic E-state index is 0.267. The van der Waals surface area contributed by atoms with Gasteiger partial charge in [0.1, 0.15) is 11.3 Å². The second kappa shape index (κ2) is 6.38. The topological polar surface area (TPSA) is 99.2 Å². The molecule has 1 fully saturated rings. The Bertz CT molecular complexity index is 686. The van der Waals surface area contributed by atoms with Crippen LogP contribution in [0.2, 0.25) is 0 Å². The Hall–Kier alpha value is -2.77. The van der Waals surface area contributed by atoms with Crippen molar-refractivity contribution in [2.45, 2.75) is 19.4 Å².